The largest absolute Gasteiger partial charge is 0.483 e. The summed E-state index contributed by atoms with van der Waals surface area (Å²) in [4.78, 5) is 24.6. The zero-order valence-electron chi connectivity index (χ0n) is 16.7. The maximum atomic E-state index is 12.4. The quantitative estimate of drug-likeness (QED) is 0.635. The fraction of sp³-hybridized carbons (Fsp3) is 0.200. The van der Waals surface area contributed by atoms with Crippen molar-refractivity contribution < 1.29 is 14.3 Å². The standard InChI is InChI=1S/C25H24N2O3/c28-24(17-30-23-13-7-6-12-22(23)19-9-2-1-3-10-19)26-27-25(29)21-15-14-18-8-4-5-11-20(18)16-21/h1-3,6-7,9-10,12-16H,4-5,8,11,17H2,(H,26,28)(H,27,29). The van der Waals surface area contributed by atoms with Crippen LogP contribution in [0.5, 0.6) is 5.75 Å². The van der Waals surface area contributed by atoms with E-state index in [4.69, 9.17) is 4.74 Å². The lowest BCUT2D eigenvalue weighted by atomic mass is 9.90. The number of carbonyl (C=O) groups excluding carboxylic acids is 2. The minimum absolute atomic E-state index is 0.200. The van der Waals surface area contributed by atoms with Crippen LogP contribution in [0.1, 0.15) is 34.3 Å². The van der Waals surface area contributed by atoms with E-state index in [1.807, 2.05) is 66.7 Å². The van der Waals surface area contributed by atoms with Gasteiger partial charge in [-0.15, -0.1) is 0 Å². The smallest absolute Gasteiger partial charge is 0.276 e. The number of hydrogen-bond acceptors (Lipinski definition) is 3. The second-order valence-corrected chi connectivity index (χ2v) is 7.34. The number of fused-ring (bicyclic) bond motifs is 1. The second-order valence-electron chi connectivity index (χ2n) is 7.34. The Labute approximate surface area is 176 Å². The first-order valence-corrected chi connectivity index (χ1v) is 10.2. The van der Waals surface area contributed by atoms with Crippen LogP contribution < -0.4 is 15.6 Å². The van der Waals surface area contributed by atoms with Crippen LogP contribution >= 0.6 is 0 Å². The predicted octanol–water partition coefficient (Wildman–Crippen LogP) is 4.07. The van der Waals surface area contributed by atoms with Crippen LogP contribution in [-0.4, -0.2) is 18.4 Å². The van der Waals surface area contributed by atoms with Gasteiger partial charge in [0.15, 0.2) is 6.61 Å². The highest BCUT2D eigenvalue weighted by molar-refractivity contribution is 5.95. The van der Waals surface area contributed by atoms with Crippen LogP contribution in [0.25, 0.3) is 11.1 Å². The van der Waals surface area contributed by atoms with Crippen molar-refractivity contribution in [3.8, 4) is 16.9 Å². The molecule has 0 saturated heterocycles. The zero-order valence-corrected chi connectivity index (χ0v) is 16.7. The highest BCUT2D eigenvalue weighted by Crippen LogP contribution is 2.29. The molecule has 1 aliphatic rings. The fourth-order valence-electron chi connectivity index (χ4n) is 3.70. The molecule has 152 valence electrons. The summed E-state index contributed by atoms with van der Waals surface area (Å²) in [5.41, 5.74) is 9.89. The van der Waals surface area contributed by atoms with Gasteiger partial charge in [0.25, 0.3) is 11.8 Å². The lowest BCUT2D eigenvalue weighted by molar-refractivity contribution is -0.123. The number of para-hydroxylation sites is 1. The molecular weight excluding hydrogens is 376 g/mol. The Morgan fingerprint density at radius 1 is 0.800 bits per heavy atom. The van der Waals surface area contributed by atoms with Gasteiger partial charge in [-0.2, -0.15) is 0 Å². The van der Waals surface area contributed by atoms with E-state index < -0.39 is 5.91 Å². The van der Waals surface area contributed by atoms with Crippen molar-refractivity contribution in [3.05, 3.63) is 89.5 Å². The lowest BCUT2D eigenvalue weighted by Crippen LogP contribution is -2.43. The van der Waals surface area contributed by atoms with Crippen LogP contribution in [0.4, 0.5) is 0 Å². The maximum absolute atomic E-state index is 12.4. The Morgan fingerprint density at radius 2 is 1.53 bits per heavy atom. The molecular formula is C25H24N2O3. The van der Waals surface area contributed by atoms with Crippen molar-refractivity contribution in [2.45, 2.75) is 25.7 Å². The summed E-state index contributed by atoms with van der Waals surface area (Å²) >= 11 is 0. The molecule has 0 atom stereocenters. The molecule has 1 aliphatic carbocycles. The van der Waals surface area contributed by atoms with Gasteiger partial charge in [-0.1, -0.05) is 54.6 Å². The number of ether oxygens (including phenoxy) is 1. The molecule has 3 aromatic carbocycles. The number of carbonyl (C=O) groups is 2. The van der Waals surface area contributed by atoms with Crippen molar-refractivity contribution in [1.82, 2.24) is 10.9 Å². The molecule has 0 heterocycles. The fourth-order valence-corrected chi connectivity index (χ4v) is 3.70. The van der Waals surface area contributed by atoms with E-state index in [0.29, 0.717) is 11.3 Å². The average molecular weight is 400 g/mol. The van der Waals surface area contributed by atoms with Gasteiger partial charge >= 0.3 is 0 Å². The molecule has 3 aromatic rings. The molecule has 2 amide bonds. The van der Waals surface area contributed by atoms with E-state index >= 15 is 0 Å². The number of nitrogens with one attached hydrogen (secondary N) is 2. The summed E-state index contributed by atoms with van der Waals surface area (Å²) in [5.74, 6) is -0.148. The molecule has 0 aromatic heterocycles. The number of rotatable bonds is 5. The summed E-state index contributed by atoms with van der Waals surface area (Å²) < 4.78 is 5.70. The summed E-state index contributed by atoms with van der Waals surface area (Å²) in [5, 5.41) is 0. The number of aryl methyl sites for hydroxylation is 2. The molecule has 0 aliphatic heterocycles. The molecule has 0 bridgehead atoms. The first kappa shape index (κ1) is 19.7. The summed E-state index contributed by atoms with van der Waals surface area (Å²) in [6, 6.07) is 23.1. The molecule has 5 nitrogen and oxygen atoms in total. The van der Waals surface area contributed by atoms with Gasteiger partial charge in [0, 0.05) is 11.1 Å². The van der Waals surface area contributed by atoms with Gasteiger partial charge in [0.1, 0.15) is 5.75 Å². The highest BCUT2D eigenvalue weighted by Gasteiger charge is 2.14. The topological polar surface area (TPSA) is 67.4 Å². The van der Waals surface area contributed by atoms with E-state index in [0.717, 1.165) is 30.4 Å². The third kappa shape index (κ3) is 4.69. The van der Waals surface area contributed by atoms with Crippen molar-refractivity contribution >= 4 is 11.8 Å². The molecule has 0 spiro atoms. The van der Waals surface area contributed by atoms with E-state index in [1.165, 1.54) is 17.5 Å². The Balaban J connectivity index is 1.32. The zero-order chi connectivity index (χ0) is 20.8. The molecule has 5 heteroatoms. The first-order chi connectivity index (χ1) is 14.7. The maximum Gasteiger partial charge on any atom is 0.276 e. The Morgan fingerprint density at radius 3 is 2.37 bits per heavy atom. The monoisotopic (exact) mass is 400 g/mol. The number of benzene rings is 3. The number of amides is 2. The van der Waals surface area contributed by atoms with E-state index in [9.17, 15) is 9.59 Å². The lowest BCUT2D eigenvalue weighted by Gasteiger charge is -2.16. The molecule has 4 rings (SSSR count). The summed E-state index contributed by atoms with van der Waals surface area (Å²) in [6.07, 6.45) is 4.41. The van der Waals surface area contributed by atoms with Crippen molar-refractivity contribution in [2.24, 2.45) is 0 Å². The van der Waals surface area contributed by atoms with E-state index in [-0.39, 0.29) is 12.5 Å². The van der Waals surface area contributed by atoms with Crippen LogP contribution in [0.2, 0.25) is 0 Å². The number of hydrazine groups is 1. The third-order valence-corrected chi connectivity index (χ3v) is 5.26. The first-order valence-electron chi connectivity index (χ1n) is 10.2. The molecule has 0 unspecified atom stereocenters. The number of hydrogen-bond donors (Lipinski definition) is 2. The van der Waals surface area contributed by atoms with Gasteiger partial charge in [-0.05, 0) is 60.6 Å². The van der Waals surface area contributed by atoms with Gasteiger partial charge in [0.2, 0.25) is 0 Å². The SMILES string of the molecule is O=C(COc1ccccc1-c1ccccc1)NNC(=O)c1ccc2c(c1)CCCC2. The molecule has 30 heavy (non-hydrogen) atoms. The van der Waals surface area contributed by atoms with Crippen LogP contribution in [0.3, 0.4) is 0 Å². The van der Waals surface area contributed by atoms with Gasteiger partial charge < -0.3 is 4.74 Å². The van der Waals surface area contributed by atoms with Gasteiger partial charge in [0.05, 0.1) is 0 Å². The molecule has 2 N–H and O–H groups in total. The highest BCUT2D eigenvalue weighted by atomic mass is 16.5. The Bertz CT molecular complexity index is 1050. The van der Waals surface area contributed by atoms with Gasteiger partial charge in [-0.25, -0.2) is 0 Å². The van der Waals surface area contributed by atoms with Gasteiger partial charge in [-0.3, -0.25) is 20.4 Å². The van der Waals surface area contributed by atoms with Crippen LogP contribution in [0.15, 0.2) is 72.8 Å². The van der Waals surface area contributed by atoms with Crippen molar-refractivity contribution in [2.75, 3.05) is 6.61 Å². The third-order valence-electron chi connectivity index (χ3n) is 5.26. The molecule has 0 radical (unpaired) electrons. The van der Waals surface area contributed by atoms with Crippen LogP contribution in [0, 0.1) is 0 Å². The summed E-state index contributed by atoms with van der Waals surface area (Å²) in [6.45, 7) is -0.200. The summed E-state index contributed by atoms with van der Waals surface area (Å²) in [7, 11) is 0. The van der Waals surface area contributed by atoms with Crippen LogP contribution in [-0.2, 0) is 17.6 Å². The van der Waals surface area contributed by atoms with E-state index in [1.54, 1.807) is 6.07 Å². The minimum atomic E-state index is -0.427. The second kappa shape index (κ2) is 9.27. The van der Waals surface area contributed by atoms with E-state index in [2.05, 4.69) is 10.9 Å². The normalized spacial score (nSPS) is 12.5. The van der Waals surface area contributed by atoms with Crippen molar-refractivity contribution in [1.29, 1.82) is 0 Å². The Hall–Kier alpha value is -3.60. The predicted molar refractivity (Wildman–Crippen MR) is 116 cm³/mol. The molecule has 0 saturated carbocycles. The average Bonchev–Trinajstić information content (AvgIpc) is 2.81. The Kier molecular flexibility index (Phi) is 6.09. The minimum Gasteiger partial charge on any atom is -0.483 e. The molecule has 0 fully saturated rings. The van der Waals surface area contributed by atoms with Crippen molar-refractivity contribution in [3.63, 3.8) is 0 Å².